The summed E-state index contributed by atoms with van der Waals surface area (Å²) in [5, 5.41) is 14.0. The number of carbonyl (C=O) groups is 1. The van der Waals surface area contributed by atoms with Gasteiger partial charge in [-0.15, -0.1) is 11.3 Å². The van der Waals surface area contributed by atoms with E-state index >= 15 is 0 Å². The number of aliphatic carboxylic acids is 1. The standard InChI is InChI=1S/C25H33N3O3S/c1-17-21(27-24(32-17)28-13-11-26-12-14-28)10-15-31-22-9-5-7-19-18(6-4-8-20(19)22)16-25(2,3)23(29)30/h5-7,9,26H,4,8,10-16H2,1-3H3,(H,29,30). The predicted molar refractivity (Wildman–Crippen MR) is 130 cm³/mol. The number of hydrogen-bond acceptors (Lipinski definition) is 6. The van der Waals surface area contributed by atoms with Gasteiger partial charge in [-0.2, -0.15) is 0 Å². The molecule has 6 nitrogen and oxygen atoms in total. The Balaban J connectivity index is 1.42. The van der Waals surface area contributed by atoms with E-state index in [2.05, 4.69) is 29.3 Å². The topological polar surface area (TPSA) is 74.7 Å². The van der Waals surface area contributed by atoms with Crippen LogP contribution in [0.1, 0.15) is 48.4 Å². The van der Waals surface area contributed by atoms with Gasteiger partial charge in [-0.1, -0.05) is 18.2 Å². The number of aromatic nitrogens is 1. The lowest BCUT2D eigenvalue weighted by Gasteiger charge is -2.26. The van der Waals surface area contributed by atoms with Crippen molar-refractivity contribution in [1.29, 1.82) is 0 Å². The second kappa shape index (κ2) is 9.63. The lowest BCUT2D eigenvalue weighted by Crippen LogP contribution is -2.43. The van der Waals surface area contributed by atoms with Crippen molar-refractivity contribution >= 4 is 28.0 Å². The minimum Gasteiger partial charge on any atom is -0.493 e. The fourth-order valence-corrected chi connectivity index (χ4v) is 5.38. The number of ether oxygens (including phenoxy) is 1. The minimum absolute atomic E-state index is 0.519. The minimum atomic E-state index is -0.790. The van der Waals surface area contributed by atoms with Gasteiger partial charge in [-0.3, -0.25) is 4.79 Å². The number of nitrogens with one attached hydrogen (secondary N) is 1. The van der Waals surface area contributed by atoms with E-state index in [0.29, 0.717) is 13.0 Å². The Kier molecular flexibility index (Phi) is 6.86. The zero-order valence-electron chi connectivity index (χ0n) is 19.2. The summed E-state index contributed by atoms with van der Waals surface area (Å²) in [6.07, 6.45) is 5.33. The molecule has 0 radical (unpaired) electrons. The van der Waals surface area contributed by atoms with Gasteiger partial charge >= 0.3 is 5.97 Å². The number of rotatable bonds is 8. The molecule has 0 spiro atoms. The number of nitrogens with zero attached hydrogens (tertiary/aromatic N) is 2. The number of carboxylic acid groups (broad SMARTS) is 1. The third-order valence-corrected chi connectivity index (χ3v) is 7.41. The van der Waals surface area contributed by atoms with E-state index < -0.39 is 11.4 Å². The summed E-state index contributed by atoms with van der Waals surface area (Å²) in [7, 11) is 0. The van der Waals surface area contributed by atoms with Crippen LogP contribution in [0.5, 0.6) is 5.75 Å². The highest BCUT2D eigenvalue weighted by Crippen LogP contribution is 2.39. The number of aryl methyl sites for hydroxylation is 1. The molecule has 2 aliphatic rings. The molecule has 0 amide bonds. The summed E-state index contributed by atoms with van der Waals surface area (Å²) in [4.78, 5) is 20.1. The number of benzene rings is 1. The SMILES string of the molecule is Cc1sc(N2CCNCC2)nc1CCOc1cccc2c1CCC=C2CC(C)(C)C(=O)O. The lowest BCUT2D eigenvalue weighted by atomic mass is 9.79. The molecule has 7 heteroatoms. The van der Waals surface area contributed by atoms with E-state index in [1.54, 1.807) is 25.2 Å². The smallest absolute Gasteiger partial charge is 0.309 e. The Bertz CT molecular complexity index is 1010. The third kappa shape index (κ3) is 4.99. The molecule has 0 atom stereocenters. The van der Waals surface area contributed by atoms with Crippen LogP contribution in [0.15, 0.2) is 24.3 Å². The van der Waals surface area contributed by atoms with Crippen molar-refractivity contribution in [3.8, 4) is 5.75 Å². The number of allylic oxidation sites excluding steroid dienone is 2. The molecule has 2 N–H and O–H groups in total. The molecular weight excluding hydrogens is 422 g/mol. The van der Waals surface area contributed by atoms with Gasteiger partial charge in [0.1, 0.15) is 5.75 Å². The van der Waals surface area contributed by atoms with Crippen LogP contribution in [0.25, 0.3) is 5.57 Å². The van der Waals surface area contributed by atoms with Gasteiger partial charge in [0.05, 0.1) is 17.7 Å². The molecule has 1 aromatic carbocycles. The lowest BCUT2D eigenvalue weighted by molar-refractivity contribution is -0.146. The fraction of sp³-hybridized carbons (Fsp3) is 0.520. The molecule has 1 aliphatic carbocycles. The molecule has 1 aromatic heterocycles. The summed E-state index contributed by atoms with van der Waals surface area (Å²) in [5.74, 6) is 0.146. The van der Waals surface area contributed by atoms with Crippen LogP contribution in [0.4, 0.5) is 5.13 Å². The molecule has 1 saturated heterocycles. The summed E-state index contributed by atoms with van der Waals surface area (Å²) >= 11 is 1.77. The monoisotopic (exact) mass is 455 g/mol. The predicted octanol–water partition coefficient (Wildman–Crippen LogP) is 4.31. The summed E-state index contributed by atoms with van der Waals surface area (Å²) < 4.78 is 6.24. The zero-order valence-corrected chi connectivity index (χ0v) is 20.1. The number of carboxylic acids is 1. The van der Waals surface area contributed by atoms with Crippen molar-refractivity contribution in [3.63, 3.8) is 0 Å². The second-order valence-corrected chi connectivity index (χ2v) is 10.4. The molecule has 32 heavy (non-hydrogen) atoms. The van der Waals surface area contributed by atoms with Gasteiger partial charge in [0, 0.05) is 43.0 Å². The first-order valence-electron chi connectivity index (χ1n) is 11.4. The van der Waals surface area contributed by atoms with E-state index in [1.807, 2.05) is 12.1 Å². The Morgan fingerprint density at radius 1 is 1.31 bits per heavy atom. The van der Waals surface area contributed by atoms with Crippen LogP contribution in [-0.4, -0.2) is 48.8 Å². The molecule has 0 bridgehead atoms. The average molecular weight is 456 g/mol. The molecule has 0 saturated carbocycles. The Morgan fingerprint density at radius 2 is 2.09 bits per heavy atom. The Morgan fingerprint density at radius 3 is 2.84 bits per heavy atom. The average Bonchev–Trinajstić information content (AvgIpc) is 3.15. The highest BCUT2D eigenvalue weighted by Gasteiger charge is 2.30. The number of thiazole rings is 1. The van der Waals surface area contributed by atoms with Crippen molar-refractivity contribution < 1.29 is 14.6 Å². The fourth-order valence-electron chi connectivity index (χ4n) is 4.37. The highest BCUT2D eigenvalue weighted by molar-refractivity contribution is 7.15. The maximum Gasteiger partial charge on any atom is 0.309 e. The van der Waals surface area contributed by atoms with Crippen molar-refractivity contribution in [3.05, 3.63) is 46.0 Å². The molecule has 2 aromatic rings. The van der Waals surface area contributed by atoms with E-state index in [4.69, 9.17) is 9.72 Å². The van der Waals surface area contributed by atoms with E-state index in [0.717, 1.165) is 73.2 Å². The first-order chi connectivity index (χ1) is 15.3. The normalized spacial score (nSPS) is 16.5. The number of hydrogen-bond donors (Lipinski definition) is 2. The maximum atomic E-state index is 11.6. The molecule has 1 fully saturated rings. The van der Waals surface area contributed by atoms with Gasteiger partial charge in [0.2, 0.25) is 0 Å². The Labute approximate surface area is 194 Å². The van der Waals surface area contributed by atoms with E-state index in [-0.39, 0.29) is 0 Å². The van der Waals surface area contributed by atoms with Crippen LogP contribution < -0.4 is 15.0 Å². The second-order valence-electron chi connectivity index (χ2n) is 9.25. The van der Waals surface area contributed by atoms with E-state index in [1.165, 1.54) is 10.4 Å². The van der Waals surface area contributed by atoms with Crippen LogP contribution in [0.3, 0.4) is 0 Å². The first kappa shape index (κ1) is 22.8. The summed E-state index contributed by atoms with van der Waals surface area (Å²) in [6.45, 7) is 10.3. The number of anilines is 1. The first-order valence-corrected chi connectivity index (χ1v) is 12.3. The molecule has 0 unspecified atom stereocenters. The van der Waals surface area contributed by atoms with Crippen molar-refractivity contribution in [1.82, 2.24) is 10.3 Å². The van der Waals surface area contributed by atoms with Crippen LogP contribution in [0, 0.1) is 12.3 Å². The molecule has 4 rings (SSSR count). The molecule has 2 heterocycles. The molecule has 172 valence electrons. The van der Waals surface area contributed by atoms with Gasteiger partial charge in [-0.05, 0) is 57.2 Å². The Hall–Kier alpha value is -2.38. The van der Waals surface area contributed by atoms with Gasteiger partial charge in [-0.25, -0.2) is 4.98 Å². The molecule has 1 aliphatic heterocycles. The number of fused-ring (bicyclic) bond motifs is 1. The summed E-state index contributed by atoms with van der Waals surface area (Å²) in [5.41, 5.74) is 3.77. The summed E-state index contributed by atoms with van der Waals surface area (Å²) in [6, 6.07) is 6.14. The largest absolute Gasteiger partial charge is 0.493 e. The van der Waals surface area contributed by atoms with Crippen molar-refractivity contribution in [2.24, 2.45) is 5.41 Å². The quantitative estimate of drug-likeness (QED) is 0.618. The number of piperazine rings is 1. The van der Waals surface area contributed by atoms with Gasteiger partial charge in [0.15, 0.2) is 5.13 Å². The van der Waals surface area contributed by atoms with Crippen LogP contribution >= 0.6 is 11.3 Å². The third-order valence-electron chi connectivity index (χ3n) is 6.34. The zero-order chi connectivity index (χ0) is 22.7. The van der Waals surface area contributed by atoms with Gasteiger partial charge < -0.3 is 20.1 Å². The molecular formula is C25H33N3O3S. The van der Waals surface area contributed by atoms with Crippen LogP contribution in [-0.2, 0) is 17.6 Å². The van der Waals surface area contributed by atoms with Crippen molar-refractivity contribution in [2.75, 3.05) is 37.7 Å². The van der Waals surface area contributed by atoms with Crippen molar-refractivity contribution in [2.45, 2.75) is 46.5 Å². The maximum absolute atomic E-state index is 11.6. The highest BCUT2D eigenvalue weighted by atomic mass is 32.1. The van der Waals surface area contributed by atoms with Gasteiger partial charge in [0.25, 0.3) is 0 Å². The van der Waals surface area contributed by atoms with E-state index in [9.17, 15) is 9.90 Å². The van der Waals surface area contributed by atoms with Crippen LogP contribution in [0.2, 0.25) is 0 Å².